The second-order valence-corrected chi connectivity index (χ2v) is 8.47. The van der Waals surface area contributed by atoms with Gasteiger partial charge in [0.2, 0.25) is 10.0 Å². The molecular weight excluding hydrogens is 350 g/mol. The van der Waals surface area contributed by atoms with Gasteiger partial charge in [-0.15, -0.1) is 0 Å². The van der Waals surface area contributed by atoms with Crippen molar-refractivity contribution in [3.63, 3.8) is 0 Å². The monoisotopic (exact) mass is 367 g/mol. The van der Waals surface area contributed by atoms with Gasteiger partial charge in [-0.05, 0) is 56.2 Å². The zero-order valence-corrected chi connectivity index (χ0v) is 15.1. The summed E-state index contributed by atoms with van der Waals surface area (Å²) < 4.78 is 27.4. The Morgan fingerprint density at radius 2 is 1.71 bits per heavy atom. The van der Waals surface area contributed by atoms with E-state index < -0.39 is 21.5 Å². The van der Waals surface area contributed by atoms with Crippen molar-refractivity contribution >= 4 is 27.6 Å². The van der Waals surface area contributed by atoms with E-state index in [1.165, 1.54) is 24.3 Å². The van der Waals surface area contributed by atoms with Crippen molar-refractivity contribution in [2.24, 2.45) is 0 Å². The average Bonchev–Trinajstić information content (AvgIpc) is 2.44. The van der Waals surface area contributed by atoms with Crippen LogP contribution in [0.25, 0.3) is 11.1 Å². The Morgan fingerprint density at radius 1 is 1.08 bits per heavy atom. The summed E-state index contributed by atoms with van der Waals surface area (Å²) in [5.74, 6) is -1.11. The fraction of sp³-hybridized carbons (Fsp3) is 0.235. The van der Waals surface area contributed by atoms with Crippen LogP contribution >= 0.6 is 11.6 Å². The SMILES string of the molecule is CC(C)(C)NS(=O)(=O)c1cccc(-c2ccc(C(=O)O)c(Cl)c2)c1. The third-order valence-electron chi connectivity index (χ3n) is 3.12. The zero-order chi connectivity index (χ0) is 18.1. The van der Waals surface area contributed by atoms with Crippen molar-refractivity contribution < 1.29 is 18.3 Å². The molecule has 0 heterocycles. The molecule has 2 rings (SSSR count). The predicted molar refractivity (Wildman–Crippen MR) is 93.9 cm³/mol. The molecule has 0 aliphatic carbocycles. The summed E-state index contributed by atoms with van der Waals surface area (Å²) in [5, 5.41) is 9.11. The summed E-state index contributed by atoms with van der Waals surface area (Å²) in [4.78, 5) is 11.1. The summed E-state index contributed by atoms with van der Waals surface area (Å²) in [6, 6.07) is 10.9. The average molecular weight is 368 g/mol. The maximum Gasteiger partial charge on any atom is 0.337 e. The number of carboxylic acid groups (broad SMARTS) is 1. The van der Waals surface area contributed by atoms with Crippen LogP contribution < -0.4 is 4.72 Å². The van der Waals surface area contributed by atoms with E-state index in [9.17, 15) is 13.2 Å². The van der Waals surface area contributed by atoms with E-state index in [0.717, 1.165) is 0 Å². The van der Waals surface area contributed by atoms with Crippen molar-refractivity contribution in [2.75, 3.05) is 0 Å². The van der Waals surface area contributed by atoms with Gasteiger partial charge in [-0.2, -0.15) is 0 Å². The first-order chi connectivity index (χ1) is 11.0. The Balaban J connectivity index is 2.45. The Kier molecular flexibility index (Phi) is 5.03. The number of carboxylic acids is 1. The van der Waals surface area contributed by atoms with Gasteiger partial charge in [0, 0.05) is 5.54 Å². The number of halogens is 1. The Labute approximate surface area is 146 Å². The minimum absolute atomic E-state index is 0.00130. The minimum Gasteiger partial charge on any atom is -0.478 e. The van der Waals surface area contributed by atoms with Crippen LogP contribution in [-0.2, 0) is 10.0 Å². The van der Waals surface area contributed by atoms with Gasteiger partial charge in [0.25, 0.3) is 0 Å². The van der Waals surface area contributed by atoms with Crippen LogP contribution in [0.1, 0.15) is 31.1 Å². The van der Waals surface area contributed by atoms with E-state index in [2.05, 4.69) is 4.72 Å². The van der Waals surface area contributed by atoms with Gasteiger partial charge < -0.3 is 5.11 Å². The highest BCUT2D eigenvalue weighted by molar-refractivity contribution is 7.89. The maximum absolute atomic E-state index is 12.4. The van der Waals surface area contributed by atoms with Crippen LogP contribution in [0.15, 0.2) is 47.4 Å². The first kappa shape index (κ1) is 18.4. The molecule has 2 aromatic carbocycles. The van der Waals surface area contributed by atoms with Crippen LogP contribution in [-0.4, -0.2) is 25.0 Å². The third-order valence-corrected chi connectivity index (χ3v) is 5.19. The van der Waals surface area contributed by atoms with Gasteiger partial charge >= 0.3 is 5.97 Å². The van der Waals surface area contributed by atoms with Gasteiger partial charge in [0.15, 0.2) is 0 Å². The topological polar surface area (TPSA) is 83.5 Å². The minimum atomic E-state index is -3.66. The molecular formula is C17H18ClNO4S. The number of carbonyl (C=O) groups is 1. The van der Waals surface area contributed by atoms with Crippen LogP contribution in [0.4, 0.5) is 0 Å². The molecule has 7 heteroatoms. The highest BCUT2D eigenvalue weighted by Crippen LogP contribution is 2.27. The highest BCUT2D eigenvalue weighted by atomic mass is 35.5. The number of aromatic carboxylic acids is 1. The third kappa shape index (κ3) is 4.35. The molecule has 2 aromatic rings. The molecule has 2 N–H and O–H groups in total. The molecule has 0 saturated heterocycles. The lowest BCUT2D eigenvalue weighted by Crippen LogP contribution is -2.40. The molecule has 0 radical (unpaired) electrons. The molecule has 0 atom stereocenters. The van der Waals surface area contributed by atoms with Crippen LogP contribution in [0.3, 0.4) is 0 Å². The predicted octanol–water partition coefficient (Wildman–Crippen LogP) is 3.78. The van der Waals surface area contributed by atoms with E-state index >= 15 is 0 Å². The second kappa shape index (κ2) is 6.55. The Hall–Kier alpha value is -1.89. The molecule has 0 unspecified atom stereocenters. The fourth-order valence-electron chi connectivity index (χ4n) is 2.17. The van der Waals surface area contributed by atoms with E-state index in [-0.39, 0.29) is 15.5 Å². The molecule has 24 heavy (non-hydrogen) atoms. The van der Waals surface area contributed by atoms with E-state index in [0.29, 0.717) is 11.1 Å². The number of rotatable bonds is 4. The molecule has 0 aliphatic heterocycles. The molecule has 0 spiro atoms. The molecule has 0 aliphatic rings. The summed E-state index contributed by atoms with van der Waals surface area (Å²) in [7, 11) is -3.66. The van der Waals surface area contributed by atoms with Crippen molar-refractivity contribution in [1.29, 1.82) is 0 Å². The molecule has 5 nitrogen and oxygen atoms in total. The molecule has 0 aromatic heterocycles. The normalized spacial score (nSPS) is 12.2. The van der Waals surface area contributed by atoms with Gasteiger partial charge in [-0.1, -0.05) is 29.8 Å². The lowest BCUT2D eigenvalue weighted by atomic mass is 10.0. The van der Waals surface area contributed by atoms with E-state index in [1.807, 2.05) is 0 Å². The van der Waals surface area contributed by atoms with Crippen LogP contribution in [0.5, 0.6) is 0 Å². The van der Waals surface area contributed by atoms with Crippen molar-refractivity contribution in [3.05, 3.63) is 53.1 Å². The molecule has 0 amide bonds. The van der Waals surface area contributed by atoms with Gasteiger partial charge in [0.05, 0.1) is 15.5 Å². The summed E-state index contributed by atoms with van der Waals surface area (Å²) >= 11 is 5.98. The largest absolute Gasteiger partial charge is 0.478 e. The molecule has 128 valence electrons. The molecule has 0 saturated carbocycles. The number of benzene rings is 2. The lowest BCUT2D eigenvalue weighted by molar-refractivity contribution is 0.0697. The van der Waals surface area contributed by atoms with E-state index in [4.69, 9.17) is 16.7 Å². The number of hydrogen-bond donors (Lipinski definition) is 2. The number of sulfonamides is 1. The standard InChI is InChI=1S/C17H18ClNO4S/c1-17(2,3)19-24(22,23)13-6-4-5-11(9-13)12-7-8-14(16(20)21)15(18)10-12/h4-10,19H,1-3H3,(H,20,21). The Morgan fingerprint density at radius 3 is 2.25 bits per heavy atom. The quantitative estimate of drug-likeness (QED) is 0.861. The van der Waals surface area contributed by atoms with Crippen molar-refractivity contribution in [3.8, 4) is 11.1 Å². The van der Waals surface area contributed by atoms with Crippen LogP contribution in [0.2, 0.25) is 5.02 Å². The zero-order valence-electron chi connectivity index (χ0n) is 13.5. The first-order valence-corrected chi connectivity index (χ1v) is 9.03. The second-order valence-electron chi connectivity index (χ2n) is 6.38. The summed E-state index contributed by atoms with van der Waals surface area (Å²) in [6.07, 6.45) is 0. The Bertz CT molecular complexity index is 886. The smallest absolute Gasteiger partial charge is 0.337 e. The highest BCUT2D eigenvalue weighted by Gasteiger charge is 2.22. The summed E-state index contributed by atoms with van der Waals surface area (Å²) in [5.41, 5.74) is 0.670. The van der Waals surface area contributed by atoms with Crippen molar-refractivity contribution in [2.45, 2.75) is 31.2 Å². The fourth-order valence-corrected chi connectivity index (χ4v) is 3.90. The van der Waals surface area contributed by atoms with Crippen molar-refractivity contribution in [1.82, 2.24) is 4.72 Å². The lowest BCUT2D eigenvalue weighted by Gasteiger charge is -2.20. The van der Waals surface area contributed by atoms with Gasteiger partial charge in [-0.25, -0.2) is 17.9 Å². The number of hydrogen-bond acceptors (Lipinski definition) is 3. The number of nitrogens with one attached hydrogen (secondary N) is 1. The maximum atomic E-state index is 12.4. The van der Waals surface area contributed by atoms with Gasteiger partial charge in [0.1, 0.15) is 0 Å². The summed E-state index contributed by atoms with van der Waals surface area (Å²) in [6.45, 7) is 5.29. The molecule has 0 bridgehead atoms. The van der Waals surface area contributed by atoms with Crippen LogP contribution in [0, 0.1) is 0 Å². The van der Waals surface area contributed by atoms with Gasteiger partial charge in [-0.3, -0.25) is 0 Å². The first-order valence-electron chi connectivity index (χ1n) is 7.17. The van der Waals surface area contributed by atoms with E-state index in [1.54, 1.807) is 39.0 Å². The molecule has 0 fully saturated rings.